The van der Waals surface area contributed by atoms with E-state index >= 15 is 0 Å². The summed E-state index contributed by atoms with van der Waals surface area (Å²) in [7, 11) is 3.98. The number of rotatable bonds is 5. The standard InChI is InChI=1S/C14H19N3O2S/c1-16(2)12-5-3-11(4-6-12)7-15-13(18)8-17-10-20-9-14(17)19/h3-6H,7-10H2,1-2H3,(H,15,18). The van der Waals surface area contributed by atoms with Gasteiger partial charge in [0.05, 0.1) is 11.6 Å². The normalized spacial score (nSPS) is 14.5. The number of hydrogen-bond donors (Lipinski definition) is 1. The highest BCUT2D eigenvalue weighted by Crippen LogP contribution is 2.14. The molecule has 2 rings (SSSR count). The molecule has 0 atom stereocenters. The summed E-state index contributed by atoms with van der Waals surface area (Å²) in [6.45, 7) is 0.642. The van der Waals surface area contributed by atoms with Crippen molar-refractivity contribution in [3.63, 3.8) is 0 Å². The maximum atomic E-state index is 11.8. The zero-order valence-corrected chi connectivity index (χ0v) is 12.6. The van der Waals surface area contributed by atoms with Gasteiger partial charge < -0.3 is 15.1 Å². The summed E-state index contributed by atoms with van der Waals surface area (Å²) in [4.78, 5) is 26.8. The number of carbonyl (C=O) groups is 2. The average Bonchev–Trinajstić information content (AvgIpc) is 2.82. The van der Waals surface area contributed by atoms with Crippen molar-refractivity contribution in [2.24, 2.45) is 0 Å². The fraction of sp³-hybridized carbons (Fsp3) is 0.429. The molecule has 1 aliphatic heterocycles. The van der Waals surface area contributed by atoms with Gasteiger partial charge in [-0.1, -0.05) is 12.1 Å². The molecule has 108 valence electrons. The number of nitrogens with one attached hydrogen (secondary N) is 1. The molecule has 0 aliphatic carbocycles. The van der Waals surface area contributed by atoms with E-state index in [2.05, 4.69) is 5.32 Å². The average molecular weight is 293 g/mol. The summed E-state index contributed by atoms with van der Waals surface area (Å²) >= 11 is 1.54. The lowest BCUT2D eigenvalue weighted by atomic mass is 10.2. The number of hydrogen-bond acceptors (Lipinski definition) is 4. The Morgan fingerprint density at radius 2 is 2.05 bits per heavy atom. The molecular formula is C14H19N3O2S. The number of anilines is 1. The van der Waals surface area contributed by atoms with E-state index in [1.54, 1.807) is 16.7 Å². The van der Waals surface area contributed by atoms with E-state index in [1.807, 2.05) is 43.3 Å². The molecule has 1 aliphatic rings. The van der Waals surface area contributed by atoms with Gasteiger partial charge in [-0.3, -0.25) is 9.59 Å². The van der Waals surface area contributed by atoms with E-state index in [0.29, 0.717) is 18.2 Å². The lowest BCUT2D eigenvalue weighted by Crippen LogP contribution is -2.37. The molecule has 1 N–H and O–H groups in total. The summed E-state index contributed by atoms with van der Waals surface area (Å²) in [5, 5.41) is 2.84. The Morgan fingerprint density at radius 3 is 2.60 bits per heavy atom. The molecule has 1 heterocycles. The first-order chi connectivity index (χ1) is 9.56. The molecule has 20 heavy (non-hydrogen) atoms. The Morgan fingerprint density at radius 1 is 1.35 bits per heavy atom. The predicted molar refractivity (Wildman–Crippen MR) is 81.7 cm³/mol. The van der Waals surface area contributed by atoms with Crippen LogP contribution in [0.2, 0.25) is 0 Å². The van der Waals surface area contributed by atoms with E-state index in [-0.39, 0.29) is 18.4 Å². The van der Waals surface area contributed by atoms with E-state index in [0.717, 1.165) is 11.3 Å². The second-order valence-electron chi connectivity index (χ2n) is 4.91. The Kier molecular flexibility index (Phi) is 4.89. The summed E-state index contributed by atoms with van der Waals surface area (Å²) in [5.74, 6) is 1.03. The van der Waals surface area contributed by atoms with Gasteiger partial charge in [0, 0.05) is 26.3 Å². The minimum absolute atomic E-state index is 0.0421. The van der Waals surface area contributed by atoms with E-state index in [4.69, 9.17) is 0 Å². The van der Waals surface area contributed by atoms with Crippen molar-refractivity contribution >= 4 is 29.3 Å². The van der Waals surface area contributed by atoms with Crippen molar-refractivity contribution in [1.82, 2.24) is 10.2 Å². The number of benzene rings is 1. The molecule has 6 heteroatoms. The van der Waals surface area contributed by atoms with Gasteiger partial charge in [0.25, 0.3) is 0 Å². The smallest absolute Gasteiger partial charge is 0.239 e. The van der Waals surface area contributed by atoms with Crippen LogP contribution in [0.1, 0.15) is 5.56 Å². The molecule has 2 amide bonds. The van der Waals surface area contributed by atoms with Gasteiger partial charge in [0.15, 0.2) is 0 Å². The van der Waals surface area contributed by atoms with Crippen LogP contribution in [0.25, 0.3) is 0 Å². The van der Waals surface area contributed by atoms with Crippen LogP contribution in [0.5, 0.6) is 0 Å². The topological polar surface area (TPSA) is 52.7 Å². The summed E-state index contributed by atoms with van der Waals surface area (Å²) in [5.41, 5.74) is 2.17. The SMILES string of the molecule is CN(C)c1ccc(CNC(=O)CN2CSCC2=O)cc1. The monoisotopic (exact) mass is 293 g/mol. The molecule has 0 saturated carbocycles. The summed E-state index contributed by atoms with van der Waals surface area (Å²) in [6, 6.07) is 8.02. The highest BCUT2D eigenvalue weighted by Gasteiger charge is 2.22. The van der Waals surface area contributed by atoms with Gasteiger partial charge in [0.1, 0.15) is 6.54 Å². The molecule has 0 unspecified atom stereocenters. The van der Waals surface area contributed by atoms with Crippen LogP contribution in [-0.4, -0.2) is 49.0 Å². The lowest BCUT2D eigenvalue weighted by molar-refractivity contribution is -0.132. The van der Waals surface area contributed by atoms with Crippen molar-refractivity contribution in [1.29, 1.82) is 0 Å². The molecule has 0 aromatic heterocycles. The first-order valence-electron chi connectivity index (χ1n) is 6.45. The number of thioether (sulfide) groups is 1. The van der Waals surface area contributed by atoms with Gasteiger partial charge >= 0.3 is 0 Å². The van der Waals surface area contributed by atoms with Crippen LogP contribution in [-0.2, 0) is 16.1 Å². The van der Waals surface area contributed by atoms with Crippen molar-refractivity contribution in [3.8, 4) is 0 Å². The number of nitrogens with zero attached hydrogens (tertiary/aromatic N) is 2. The van der Waals surface area contributed by atoms with E-state index < -0.39 is 0 Å². The van der Waals surface area contributed by atoms with Crippen LogP contribution >= 0.6 is 11.8 Å². The lowest BCUT2D eigenvalue weighted by Gasteiger charge is -2.15. The molecule has 0 bridgehead atoms. The van der Waals surface area contributed by atoms with Crippen molar-refractivity contribution < 1.29 is 9.59 Å². The first-order valence-corrected chi connectivity index (χ1v) is 7.60. The van der Waals surface area contributed by atoms with Crippen LogP contribution in [0, 0.1) is 0 Å². The number of amides is 2. The fourth-order valence-corrected chi connectivity index (χ4v) is 2.79. The Bertz CT molecular complexity index is 488. The van der Waals surface area contributed by atoms with Crippen LogP contribution in [0.3, 0.4) is 0 Å². The van der Waals surface area contributed by atoms with E-state index in [1.165, 1.54) is 0 Å². The molecular weight excluding hydrogens is 274 g/mol. The van der Waals surface area contributed by atoms with Crippen LogP contribution in [0.4, 0.5) is 5.69 Å². The second-order valence-corrected chi connectivity index (χ2v) is 5.86. The van der Waals surface area contributed by atoms with Gasteiger partial charge in [-0.15, -0.1) is 11.8 Å². The molecule has 0 radical (unpaired) electrons. The third-order valence-corrected chi connectivity index (χ3v) is 4.05. The largest absolute Gasteiger partial charge is 0.378 e. The molecule has 5 nitrogen and oxygen atoms in total. The Balaban J connectivity index is 1.79. The minimum atomic E-state index is -0.113. The molecule has 1 aromatic carbocycles. The second kappa shape index (κ2) is 6.65. The zero-order valence-electron chi connectivity index (χ0n) is 11.8. The van der Waals surface area contributed by atoms with Gasteiger partial charge in [-0.05, 0) is 17.7 Å². The van der Waals surface area contributed by atoms with Crippen molar-refractivity contribution in [2.75, 3.05) is 37.2 Å². The van der Waals surface area contributed by atoms with Gasteiger partial charge in [0.2, 0.25) is 11.8 Å². The molecule has 0 spiro atoms. The van der Waals surface area contributed by atoms with Crippen molar-refractivity contribution in [3.05, 3.63) is 29.8 Å². The third-order valence-electron chi connectivity index (χ3n) is 3.10. The van der Waals surface area contributed by atoms with Crippen LogP contribution < -0.4 is 10.2 Å². The Hall–Kier alpha value is -1.69. The summed E-state index contributed by atoms with van der Waals surface area (Å²) in [6.07, 6.45) is 0. The Labute approximate surface area is 123 Å². The van der Waals surface area contributed by atoms with Gasteiger partial charge in [-0.2, -0.15) is 0 Å². The molecule has 1 aromatic rings. The third kappa shape index (κ3) is 3.90. The first kappa shape index (κ1) is 14.7. The predicted octanol–water partition coefficient (Wildman–Crippen LogP) is 0.902. The van der Waals surface area contributed by atoms with E-state index in [9.17, 15) is 9.59 Å². The highest BCUT2D eigenvalue weighted by atomic mass is 32.2. The maximum absolute atomic E-state index is 11.8. The van der Waals surface area contributed by atoms with Gasteiger partial charge in [-0.25, -0.2) is 0 Å². The molecule has 1 fully saturated rings. The van der Waals surface area contributed by atoms with Crippen LogP contribution in [0.15, 0.2) is 24.3 Å². The number of carbonyl (C=O) groups excluding carboxylic acids is 2. The maximum Gasteiger partial charge on any atom is 0.239 e. The minimum Gasteiger partial charge on any atom is -0.378 e. The quantitative estimate of drug-likeness (QED) is 0.876. The molecule has 1 saturated heterocycles. The zero-order chi connectivity index (χ0) is 14.5. The fourth-order valence-electron chi connectivity index (χ4n) is 1.88. The van der Waals surface area contributed by atoms with Crippen molar-refractivity contribution in [2.45, 2.75) is 6.54 Å². The summed E-state index contributed by atoms with van der Waals surface area (Å²) < 4.78 is 0. The highest BCUT2D eigenvalue weighted by molar-refractivity contribution is 8.00.